The lowest BCUT2D eigenvalue weighted by molar-refractivity contribution is -0.404. The lowest BCUT2D eigenvalue weighted by Gasteiger charge is -2.22. The number of unbranched alkanes of at least 4 members (excludes halogenated alkanes) is 15. The summed E-state index contributed by atoms with van der Waals surface area (Å²) in [5.74, 6) is 0.336. The molecular weight excluding hydrogens is 620 g/mol. The van der Waals surface area contributed by atoms with E-state index in [4.69, 9.17) is 9.47 Å². The van der Waals surface area contributed by atoms with E-state index in [0.29, 0.717) is 31.8 Å². The van der Waals surface area contributed by atoms with Crippen molar-refractivity contribution in [2.24, 2.45) is 0 Å². The number of hydrogen-bond donors (Lipinski definition) is 2. The van der Waals surface area contributed by atoms with E-state index in [1.165, 1.54) is 32.1 Å². The topological polar surface area (TPSA) is 123 Å². The zero-order valence-corrected chi connectivity index (χ0v) is 32.2. The maximum atomic E-state index is 12.5. The zero-order chi connectivity index (χ0) is 36.2. The van der Waals surface area contributed by atoms with Crippen LogP contribution in [0, 0.1) is 10.1 Å². The van der Waals surface area contributed by atoms with Gasteiger partial charge in [-0.1, -0.05) is 111 Å². The van der Waals surface area contributed by atoms with Crippen LogP contribution in [0.15, 0.2) is 12.0 Å². The summed E-state index contributed by atoms with van der Waals surface area (Å²) in [4.78, 5) is 37.3. The first-order valence-electron chi connectivity index (χ1n) is 20.2. The molecule has 0 fully saturated rings. The Morgan fingerprint density at radius 1 is 0.673 bits per heavy atom. The van der Waals surface area contributed by atoms with Gasteiger partial charge in [0.1, 0.15) is 6.10 Å². The standard InChI is InChI=1S/C39H76N4O6/c1-5-8-11-18-24-34-48-38(44)28-20-14-12-16-22-31-42(33-25-30-41-37(40-4)35-43(46)47)32-23-17-13-15-21-29-39(45)49-36(26-10-7-3)27-19-9-6-2/h35-36,40-41H,5-34H2,1-4H3/b37-35+. The van der Waals surface area contributed by atoms with Crippen LogP contribution in [0.3, 0.4) is 0 Å². The maximum Gasteiger partial charge on any atom is 0.306 e. The van der Waals surface area contributed by atoms with Crippen LogP contribution in [0.5, 0.6) is 0 Å². The van der Waals surface area contributed by atoms with Gasteiger partial charge in [-0.05, 0) is 77.4 Å². The van der Waals surface area contributed by atoms with E-state index < -0.39 is 4.92 Å². The van der Waals surface area contributed by atoms with Crippen molar-refractivity contribution in [2.45, 2.75) is 187 Å². The Bertz CT molecular complexity index is 825. The Hall–Kier alpha value is -2.36. The van der Waals surface area contributed by atoms with Gasteiger partial charge in [-0.3, -0.25) is 19.7 Å². The normalized spacial score (nSPS) is 12.2. The first kappa shape index (κ1) is 46.6. The van der Waals surface area contributed by atoms with E-state index in [1.807, 2.05) is 0 Å². The molecule has 10 nitrogen and oxygen atoms in total. The lowest BCUT2D eigenvalue weighted by Crippen LogP contribution is -2.31. The molecule has 0 aliphatic rings. The summed E-state index contributed by atoms with van der Waals surface area (Å²) < 4.78 is 11.2. The van der Waals surface area contributed by atoms with Crippen LogP contribution >= 0.6 is 0 Å². The molecule has 0 bridgehead atoms. The second-order valence-corrected chi connectivity index (χ2v) is 13.6. The van der Waals surface area contributed by atoms with Crippen LogP contribution in [-0.4, -0.2) is 67.7 Å². The first-order chi connectivity index (χ1) is 23.9. The van der Waals surface area contributed by atoms with Crippen molar-refractivity contribution in [2.75, 3.05) is 39.8 Å². The number of esters is 2. The molecule has 49 heavy (non-hydrogen) atoms. The number of nitrogens with zero attached hydrogens (tertiary/aromatic N) is 2. The van der Waals surface area contributed by atoms with Gasteiger partial charge in [0.15, 0.2) is 5.82 Å². The number of ether oxygens (including phenoxy) is 2. The monoisotopic (exact) mass is 697 g/mol. The highest BCUT2D eigenvalue weighted by atomic mass is 16.6. The molecule has 288 valence electrons. The van der Waals surface area contributed by atoms with Gasteiger partial charge < -0.3 is 25.0 Å². The molecule has 0 aromatic heterocycles. The second-order valence-electron chi connectivity index (χ2n) is 13.6. The molecule has 0 saturated carbocycles. The van der Waals surface area contributed by atoms with E-state index in [-0.39, 0.29) is 18.0 Å². The quantitative estimate of drug-likeness (QED) is 0.0283. The van der Waals surface area contributed by atoms with E-state index in [9.17, 15) is 19.7 Å². The van der Waals surface area contributed by atoms with Crippen LogP contribution in [0.1, 0.15) is 181 Å². The molecule has 1 unspecified atom stereocenters. The molecule has 0 heterocycles. The third kappa shape index (κ3) is 32.6. The van der Waals surface area contributed by atoms with Gasteiger partial charge in [0.25, 0.3) is 6.20 Å². The van der Waals surface area contributed by atoms with Crippen molar-refractivity contribution in [1.29, 1.82) is 0 Å². The minimum absolute atomic E-state index is 0.0278. The molecule has 2 N–H and O–H groups in total. The van der Waals surface area contributed by atoms with Crippen molar-refractivity contribution >= 4 is 11.9 Å². The summed E-state index contributed by atoms with van der Waals surface area (Å²) in [6.07, 6.45) is 27.2. The molecule has 0 radical (unpaired) electrons. The molecule has 0 aromatic rings. The highest BCUT2D eigenvalue weighted by Gasteiger charge is 2.14. The number of nitro groups is 1. The maximum absolute atomic E-state index is 12.5. The SMILES string of the molecule is CCCCCCCOC(=O)CCCCCCCN(CCCCCCCC(=O)OC(CCCC)CCCCC)CCCN/C(=C/[N+](=O)[O-])NC. The molecule has 0 rings (SSSR count). The lowest BCUT2D eigenvalue weighted by atomic mass is 10.1. The van der Waals surface area contributed by atoms with Crippen molar-refractivity contribution < 1.29 is 24.0 Å². The van der Waals surface area contributed by atoms with Gasteiger partial charge in [-0.2, -0.15) is 0 Å². The average Bonchev–Trinajstić information content (AvgIpc) is 3.08. The van der Waals surface area contributed by atoms with E-state index in [2.05, 4.69) is 36.3 Å². The molecule has 0 aliphatic heterocycles. The first-order valence-corrected chi connectivity index (χ1v) is 20.2. The molecular formula is C39H76N4O6. The summed E-state index contributed by atoms with van der Waals surface area (Å²) in [5, 5.41) is 16.8. The second kappa shape index (κ2) is 35.5. The number of carbonyl (C=O) groups excluding carboxylic acids is 2. The van der Waals surface area contributed by atoms with Crippen LogP contribution in [-0.2, 0) is 19.1 Å². The van der Waals surface area contributed by atoms with Crippen LogP contribution in [0.2, 0.25) is 0 Å². The fourth-order valence-electron chi connectivity index (χ4n) is 5.96. The fraction of sp³-hybridized carbons (Fsp3) is 0.897. The summed E-state index contributed by atoms with van der Waals surface area (Å²) in [5.41, 5.74) is 0. The Kier molecular flexibility index (Phi) is 33.8. The van der Waals surface area contributed by atoms with Crippen molar-refractivity contribution in [3.05, 3.63) is 22.1 Å². The molecule has 10 heteroatoms. The predicted octanol–water partition coefficient (Wildman–Crippen LogP) is 9.44. The average molecular weight is 697 g/mol. The molecule has 0 aromatic carbocycles. The summed E-state index contributed by atoms with van der Waals surface area (Å²) in [6.45, 7) is 10.8. The smallest absolute Gasteiger partial charge is 0.306 e. The largest absolute Gasteiger partial charge is 0.466 e. The number of carbonyl (C=O) groups is 2. The Morgan fingerprint density at radius 3 is 1.80 bits per heavy atom. The van der Waals surface area contributed by atoms with Gasteiger partial charge in [0, 0.05) is 26.4 Å². The number of rotatable bonds is 37. The molecule has 0 spiro atoms. The number of hydrogen-bond acceptors (Lipinski definition) is 9. The van der Waals surface area contributed by atoms with Crippen LogP contribution < -0.4 is 10.6 Å². The van der Waals surface area contributed by atoms with Crippen LogP contribution in [0.25, 0.3) is 0 Å². The molecule has 0 saturated heterocycles. The number of nitrogens with one attached hydrogen (secondary N) is 2. The zero-order valence-electron chi connectivity index (χ0n) is 32.2. The molecule has 0 amide bonds. The Balaban J connectivity index is 4.36. The molecule has 0 aliphatic carbocycles. The third-order valence-corrected chi connectivity index (χ3v) is 9.00. The van der Waals surface area contributed by atoms with E-state index in [0.717, 1.165) is 141 Å². The summed E-state index contributed by atoms with van der Waals surface area (Å²) >= 11 is 0. The summed E-state index contributed by atoms with van der Waals surface area (Å²) in [7, 11) is 1.68. The van der Waals surface area contributed by atoms with Gasteiger partial charge in [0.05, 0.1) is 11.5 Å². The van der Waals surface area contributed by atoms with Gasteiger partial charge >= 0.3 is 11.9 Å². The Morgan fingerprint density at radius 2 is 1.18 bits per heavy atom. The Labute approximate surface area is 300 Å². The summed E-state index contributed by atoms with van der Waals surface area (Å²) in [6, 6.07) is 0. The minimum atomic E-state index is -0.453. The highest BCUT2D eigenvalue weighted by molar-refractivity contribution is 5.69. The van der Waals surface area contributed by atoms with E-state index in [1.54, 1.807) is 7.05 Å². The molecule has 1 atom stereocenters. The van der Waals surface area contributed by atoms with Gasteiger partial charge in [0.2, 0.25) is 0 Å². The van der Waals surface area contributed by atoms with E-state index >= 15 is 0 Å². The van der Waals surface area contributed by atoms with Crippen molar-refractivity contribution in [3.8, 4) is 0 Å². The predicted molar refractivity (Wildman–Crippen MR) is 202 cm³/mol. The van der Waals surface area contributed by atoms with Gasteiger partial charge in [-0.25, -0.2) is 0 Å². The van der Waals surface area contributed by atoms with Crippen LogP contribution in [0.4, 0.5) is 0 Å². The van der Waals surface area contributed by atoms with Crippen molar-refractivity contribution in [3.63, 3.8) is 0 Å². The van der Waals surface area contributed by atoms with Crippen molar-refractivity contribution in [1.82, 2.24) is 15.5 Å². The third-order valence-electron chi connectivity index (χ3n) is 9.00. The minimum Gasteiger partial charge on any atom is -0.466 e. The van der Waals surface area contributed by atoms with Gasteiger partial charge in [-0.15, -0.1) is 0 Å². The highest BCUT2D eigenvalue weighted by Crippen LogP contribution is 2.16. The fourth-order valence-corrected chi connectivity index (χ4v) is 5.96.